The number of furan rings is 1. The molecule has 0 fully saturated rings. The monoisotopic (exact) mass is 404 g/mol. The van der Waals surface area contributed by atoms with Crippen molar-refractivity contribution in [3.63, 3.8) is 0 Å². The molecule has 2 amide bonds. The molecule has 1 aromatic carbocycles. The second kappa shape index (κ2) is 9.54. The van der Waals surface area contributed by atoms with Gasteiger partial charge in [-0.3, -0.25) is 9.59 Å². The Balaban J connectivity index is 1.65. The third-order valence-corrected chi connectivity index (χ3v) is 5.05. The Bertz CT molecular complexity index is 809. The van der Waals surface area contributed by atoms with E-state index in [0.29, 0.717) is 31.1 Å². The topological polar surface area (TPSA) is 89.8 Å². The van der Waals surface area contributed by atoms with E-state index in [4.69, 9.17) is 13.9 Å². The van der Waals surface area contributed by atoms with Gasteiger partial charge in [-0.25, -0.2) is 0 Å². The van der Waals surface area contributed by atoms with Gasteiger partial charge in [0.25, 0.3) is 5.91 Å². The van der Waals surface area contributed by atoms with Gasteiger partial charge in [-0.1, -0.05) is 6.07 Å². The molecule has 2 heterocycles. The summed E-state index contributed by atoms with van der Waals surface area (Å²) in [5.74, 6) is 1.66. The first-order valence-electron chi connectivity index (χ1n) is 9.11. The van der Waals surface area contributed by atoms with Crippen LogP contribution in [0, 0.1) is 0 Å². The van der Waals surface area contributed by atoms with Gasteiger partial charge in [-0.15, -0.1) is 0 Å². The average molecular weight is 404 g/mol. The molecule has 2 aromatic rings. The van der Waals surface area contributed by atoms with Gasteiger partial charge in [-0.2, -0.15) is 11.8 Å². The van der Waals surface area contributed by atoms with Crippen molar-refractivity contribution in [1.82, 2.24) is 10.6 Å². The van der Waals surface area contributed by atoms with E-state index >= 15 is 0 Å². The number of carbonyl (C=O) groups is 2. The van der Waals surface area contributed by atoms with E-state index in [1.165, 1.54) is 6.26 Å². The summed E-state index contributed by atoms with van der Waals surface area (Å²) in [5, 5.41) is 5.73. The molecule has 3 rings (SSSR count). The number of nitrogens with one attached hydrogen (secondary N) is 2. The lowest BCUT2D eigenvalue weighted by atomic mass is 10.1. The Kier molecular flexibility index (Phi) is 6.86. The van der Waals surface area contributed by atoms with Gasteiger partial charge in [0.15, 0.2) is 17.3 Å². The quantitative estimate of drug-likeness (QED) is 0.703. The van der Waals surface area contributed by atoms with Crippen LogP contribution in [-0.4, -0.2) is 43.1 Å². The van der Waals surface area contributed by atoms with Crippen molar-refractivity contribution in [2.75, 3.05) is 25.2 Å². The molecule has 0 bridgehead atoms. The molecule has 150 valence electrons. The summed E-state index contributed by atoms with van der Waals surface area (Å²) >= 11 is 1.62. The second-order valence-electron chi connectivity index (χ2n) is 6.42. The molecule has 0 saturated carbocycles. The maximum atomic E-state index is 12.8. The van der Waals surface area contributed by atoms with Gasteiger partial charge in [0.2, 0.25) is 5.91 Å². The first kappa shape index (κ1) is 20.1. The molecule has 0 spiro atoms. The molecule has 2 N–H and O–H groups in total. The first-order valence-corrected chi connectivity index (χ1v) is 10.5. The second-order valence-corrected chi connectivity index (χ2v) is 7.40. The van der Waals surface area contributed by atoms with Crippen molar-refractivity contribution in [3.05, 3.63) is 47.9 Å². The van der Waals surface area contributed by atoms with E-state index < -0.39 is 11.9 Å². The summed E-state index contributed by atoms with van der Waals surface area (Å²) in [7, 11) is 0. The number of benzene rings is 1. The van der Waals surface area contributed by atoms with Crippen molar-refractivity contribution in [1.29, 1.82) is 0 Å². The summed E-state index contributed by atoms with van der Waals surface area (Å²) in [6.07, 6.45) is 3.91. The Morgan fingerprint density at radius 1 is 1.14 bits per heavy atom. The number of carbonyl (C=O) groups excluding carboxylic acids is 2. The van der Waals surface area contributed by atoms with E-state index in [2.05, 4.69) is 10.6 Å². The normalized spacial score (nSPS) is 14.8. The number of ether oxygens (including phenoxy) is 2. The van der Waals surface area contributed by atoms with Gasteiger partial charge in [0.05, 0.1) is 12.3 Å². The van der Waals surface area contributed by atoms with Crippen molar-refractivity contribution in [2.45, 2.75) is 25.4 Å². The minimum absolute atomic E-state index is 0.182. The minimum atomic E-state index is -0.648. The molecular weight excluding hydrogens is 380 g/mol. The van der Waals surface area contributed by atoms with Crippen LogP contribution in [0.25, 0.3) is 0 Å². The van der Waals surface area contributed by atoms with Crippen LogP contribution in [0.1, 0.15) is 35.5 Å². The van der Waals surface area contributed by atoms with Crippen LogP contribution in [0.4, 0.5) is 0 Å². The molecule has 7 nitrogen and oxygen atoms in total. The maximum Gasteiger partial charge on any atom is 0.287 e. The van der Waals surface area contributed by atoms with Crippen molar-refractivity contribution >= 4 is 23.6 Å². The molecule has 0 aliphatic carbocycles. The number of fused-ring (bicyclic) bond motifs is 1. The highest BCUT2D eigenvalue weighted by molar-refractivity contribution is 7.98. The fourth-order valence-electron chi connectivity index (χ4n) is 2.87. The average Bonchev–Trinajstić information content (AvgIpc) is 3.25. The zero-order chi connectivity index (χ0) is 19.9. The van der Waals surface area contributed by atoms with Crippen LogP contribution >= 0.6 is 11.8 Å². The zero-order valence-corrected chi connectivity index (χ0v) is 16.7. The summed E-state index contributed by atoms with van der Waals surface area (Å²) in [4.78, 5) is 25.1. The van der Waals surface area contributed by atoms with Crippen LogP contribution in [0.5, 0.6) is 11.5 Å². The fourth-order valence-corrected chi connectivity index (χ4v) is 3.34. The van der Waals surface area contributed by atoms with Gasteiger partial charge in [0, 0.05) is 0 Å². The SMILES string of the molecule is CSCC[C@@H](NC(=O)c1ccco1)C(=O)N[C@H](C)c1ccc2c(c1)OCCO2. The third-order valence-electron chi connectivity index (χ3n) is 4.40. The largest absolute Gasteiger partial charge is 0.486 e. The lowest BCUT2D eigenvalue weighted by Gasteiger charge is -2.23. The number of hydrogen-bond acceptors (Lipinski definition) is 6. The predicted octanol–water partition coefficient (Wildman–Crippen LogP) is 2.78. The third kappa shape index (κ3) is 5.01. The highest BCUT2D eigenvalue weighted by atomic mass is 32.2. The van der Waals surface area contributed by atoms with Crippen LogP contribution in [0.2, 0.25) is 0 Å². The molecule has 0 saturated heterocycles. The number of rotatable bonds is 8. The van der Waals surface area contributed by atoms with Crippen molar-refractivity contribution in [3.8, 4) is 11.5 Å². The molecule has 2 atom stereocenters. The smallest absolute Gasteiger partial charge is 0.287 e. The van der Waals surface area contributed by atoms with E-state index in [-0.39, 0.29) is 17.7 Å². The van der Waals surface area contributed by atoms with Crippen LogP contribution in [-0.2, 0) is 4.79 Å². The summed E-state index contributed by atoms with van der Waals surface area (Å²) < 4.78 is 16.2. The molecule has 1 aliphatic rings. The molecule has 0 radical (unpaired) electrons. The van der Waals surface area contributed by atoms with Gasteiger partial charge < -0.3 is 24.5 Å². The van der Waals surface area contributed by atoms with Crippen LogP contribution < -0.4 is 20.1 Å². The van der Waals surface area contributed by atoms with Gasteiger partial charge in [-0.05, 0) is 55.2 Å². The highest BCUT2D eigenvalue weighted by Gasteiger charge is 2.24. The van der Waals surface area contributed by atoms with Crippen molar-refractivity contribution in [2.24, 2.45) is 0 Å². The van der Waals surface area contributed by atoms with E-state index in [0.717, 1.165) is 11.3 Å². The molecule has 1 aromatic heterocycles. The summed E-state index contributed by atoms with van der Waals surface area (Å²) in [5.41, 5.74) is 0.901. The number of hydrogen-bond donors (Lipinski definition) is 2. The molecular formula is C20H24N2O5S. The highest BCUT2D eigenvalue weighted by Crippen LogP contribution is 2.32. The zero-order valence-electron chi connectivity index (χ0n) is 15.9. The van der Waals surface area contributed by atoms with Crippen LogP contribution in [0.3, 0.4) is 0 Å². The van der Waals surface area contributed by atoms with Crippen molar-refractivity contribution < 1.29 is 23.5 Å². The Hall–Kier alpha value is -2.61. The molecule has 0 unspecified atom stereocenters. The summed E-state index contributed by atoms with van der Waals surface area (Å²) in [6, 6.07) is 7.92. The van der Waals surface area contributed by atoms with E-state index in [1.807, 2.05) is 31.4 Å². The number of amides is 2. The molecule has 8 heteroatoms. The Morgan fingerprint density at radius 2 is 1.93 bits per heavy atom. The minimum Gasteiger partial charge on any atom is -0.486 e. The number of thioether (sulfide) groups is 1. The van der Waals surface area contributed by atoms with E-state index in [1.54, 1.807) is 23.9 Å². The van der Waals surface area contributed by atoms with Gasteiger partial charge >= 0.3 is 0 Å². The Morgan fingerprint density at radius 3 is 2.64 bits per heavy atom. The fraction of sp³-hybridized carbons (Fsp3) is 0.400. The molecule has 1 aliphatic heterocycles. The Labute approximate surface area is 168 Å². The lowest BCUT2D eigenvalue weighted by molar-refractivity contribution is -0.123. The van der Waals surface area contributed by atoms with E-state index in [9.17, 15) is 9.59 Å². The maximum absolute atomic E-state index is 12.8. The standard InChI is InChI=1S/C20H24N2O5S/c1-13(14-5-6-16-18(12-14)27-10-9-26-16)21-19(23)15(7-11-28-2)22-20(24)17-4-3-8-25-17/h3-6,8,12-13,15H,7,9-11H2,1-2H3,(H,21,23)(H,22,24)/t13-,15-/m1/s1. The molecule has 28 heavy (non-hydrogen) atoms. The lowest BCUT2D eigenvalue weighted by Crippen LogP contribution is -2.47. The van der Waals surface area contributed by atoms with Crippen LogP contribution in [0.15, 0.2) is 41.0 Å². The van der Waals surface area contributed by atoms with Gasteiger partial charge in [0.1, 0.15) is 19.3 Å². The predicted molar refractivity (Wildman–Crippen MR) is 107 cm³/mol. The first-order chi connectivity index (χ1) is 13.6. The summed E-state index contributed by atoms with van der Waals surface area (Å²) in [6.45, 7) is 2.93.